The van der Waals surface area contributed by atoms with E-state index in [1.165, 1.54) is 75.1 Å². The highest BCUT2D eigenvalue weighted by atomic mass is 16.5. The van der Waals surface area contributed by atoms with E-state index >= 15 is 0 Å². The number of hydrogen-bond donors (Lipinski definition) is 2. The monoisotopic (exact) mass is 553 g/mol. The second kappa shape index (κ2) is 11.7. The first kappa shape index (κ1) is 28.1. The van der Waals surface area contributed by atoms with Gasteiger partial charge < -0.3 is 20.4 Å². The summed E-state index contributed by atoms with van der Waals surface area (Å²) in [5.41, 5.74) is 6.00. The average molecular weight is 554 g/mol. The Morgan fingerprint density at radius 3 is 2.37 bits per heavy atom. The number of ether oxygens (including phenoxy) is 1. The smallest absolute Gasteiger partial charge is 0.230 e. The molecule has 5 saturated carbocycles. The van der Waals surface area contributed by atoms with Gasteiger partial charge in [0.25, 0.3) is 0 Å². The Kier molecular flexibility index (Phi) is 7.98. The molecule has 5 aliphatic rings. The third kappa shape index (κ3) is 5.82. The summed E-state index contributed by atoms with van der Waals surface area (Å²) in [4.78, 5) is 16.4. The molecule has 1 amide bonds. The van der Waals surface area contributed by atoms with Crippen LogP contribution in [0.25, 0.3) is 5.57 Å². The summed E-state index contributed by atoms with van der Waals surface area (Å²) in [5, 5.41) is 11.5. The van der Waals surface area contributed by atoms with E-state index in [0.717, 1.165) is 54.8 Å². The highest BCUT2D eigenvalue weighted by Crippen LogP contribution is 2.58. The van der Waals surface area contributed by atoms with Crippen LogP contribution in [0.3, 0.4) is 0 Å². The molecule has 0 spiro atoms. The van der Waals surface area contributed by atoms with Crippen molar-refractivity contribution < 1.29 is 9.53 Å². The Morgan fingerprint density at radius 2 is 1.73 bits per heavy atom. The van der Waals surface area contributed by atoms with Crippen molar-refractivity contribution in [2.45, 2.75) is 102 Å². The maximum absolute atomic E-state index is 14.2. The number of aryl methyl sites for hydroxylation is 1. The lowest BCUT2D eigenvalue weighted by Crippen LogP contribution is -2.51. The van der Waals surface area contributed by atoms with E-state index in [2.05, 4.69) is 59.6 Å². The van der Waals surface area contributed by atoms with Gasteiger partial charge in [0, 0.05) is 42.2 Å². The second-order valence-electron chi connectivity index (χ2n) is 13.5. The topological polar surface area (TPSA) is 65.4 Å². The number of nitrogens with zero attached hydrogens (tertiary/aromatic N) is 1. The SMILES string of the molecule is COc1ccc(C23CCC(CN(C(=O)C4CCCCC4)c4cccc(/C(C=N)=C/NC5CC5)c4)(CC2)CC3)cc1C. The van der Waals surface area contributed by atoms with Crippen molar-refractivity contribution in [2.75, 3.05) is 18.6 Å². The molecule has 5 fully saturated rings. The van der Waals surface area contributed by atoms with E-state index < -0.39 is 0 Å². The zero-order valence-corrected chi connectivity index (χ0v) is 25.0. The molecular formula is C36H47N3O2. The predicted molar refractivity (Wildman–Crippen MR) is 168 cm³/mol. The third-order valence-electron chi connectivity index (χ3n) is 10.8. The molecule has 0 saturated heterocycles. The number of hydrogen-bond acceptors (Lipinski definition) is 4. The lowest BCUT2D eigenvalue weighted by molar-refractivity contribution is -0.124. The first-order chi connectivity index (χ1) is 19.9. The van der Waals surface area contributed by atoms with Gasteiger partial charge in [-0.25, -0.2) is 0 Å². The normalized spacial score (nSPS) is 26.4. The van der Waals surface area contributed by atoms with Gasteiger partial charge >= 0.3 is 0 Å². The number of allylic oxidation sites excluding steroid dienone is 1. The molecule has 2 aromatic rings. The van der Waals surface area contributed by atoms with Crippen molar-refractivity contribution in [3.05, 3.63) is 65.4 Å². The van der Waals surface area contributed by atoms with E-state index in [1.807, 2.05) is 6.20 Å². The Labute approximate surface area is 246 Å². The molecule has 2 aromatic carbocycles. The number of methoxy groups -OCH3 is 1. The lowest BCUT2D eigenvalue weighted by atomic mass is 9.51. The molecule has 5 aliphatic carbocycles. The maximum atomic E-state index is 14.2. The van der Waals surface area contributed by atoms with Crippen LogP contribution in [0.15, 0.2) is 48.7 Å². The summed E-state index contributed by atoms with van der Waals surface area (Å²) < 4.78 is 5.54. The molecule has 41 heavy (non-hydrogen) atoms. The second-order valence-corrected chi connectivity index (χ2v) is 13.5. The first-order valence-electron chi connectivity index (χ1n) is 16.0. The predicted octanol–water partition coefficient (Wildman–Crippen LogP) is 7.95. The van der Waals surface area contributed by atoms with E-state index in [9.17, 15) is 4.79 Å². The summed E-state index contributed by atoms with van der Waals surface area (Å²) in [6.45, 7) is 2.96. The van der Waals surface area contributed by atoms with Crippen molar-refractivity contribution in [3.8, 4) is 5.75 Å². The minimum atomic E-state index is 0.131. The van der Waals surface area contributed by atoms with E-state index in [-0.39, 0.29) is 16.7 Å². The number of benzene rings is 2. The summed E-state index contributed by atoms with van der Waals surface area (Å²) in [6, 6.07) is 15.7. The zero-order valence-electron chi connectivity index (χ0n) is 25.0. The van der Waals surface area contributed by atoms with Gasteiger partial charge in [-0.15, -0.1) is 0 Å². The van der Waals surface area contributed by atoms with Crippen molar-refractivity contribution in [3.63, 3.8) is 0 Å². The minimum Gasteiger partial charge on any atom is -0.496 e. The van der Waals surface area contributed by atoms with Crippen LogP contribution in [0.2, 0.25) is 0 Å². The number of anilines is 1. The quantitative estimate of drug-likeness (QED) is 0.293. The van der Waals surface area contributed by atoms with Crippen LogP contribution in [0.1, 0.15) is 100 Å². The van der Waals surface area contributed by atoms with Gasteiger partial charge in [0.05, 0.1) is 7.11 Å². The average Bonchev–Trinajstić information content (AvgIpc) is 3.86. The number of fused-ring (bicyclic) bond motifs is 3. The third-order valence-corrected chi connectivity index (χ3v) is 10.8. The number of nitrogens with one attached hydrogen (secondary N) is 2. The molecule has 0 aromatic heterocycles. The fourth-order valence-corrected chi connectivity index (χ4v) is 7.86. The summed E-state index contributed by atoms with van der Waals surface area (Å²) in [6.07, 6.45) is 18.5. The summed E-state index contributed by atoms with van der Waals surface area (Å²) in [7, 11) is 1.75. The first-order valence-corrected chi connectivity index (χ1v) is 16.0. The molecular weight excluding hydrogens is 506 g/mol. The van der Waals surface area contributed by atoms with Gasteiger partial charge in [-0.05, 0) is 117 Å². The van der Waals surface area contributed by atoms with Crippen LogP contribution in [-0.2, 0) is 10.2 Å². The molecule has 0 atom stereocenters. The zero-order chi connectivity index (χ0) is 28.5. The van der Waals surface area contributed by atoms with E-state index in [0.29, 0.717) is 11.9 Å². The van der Waals surface area contributed by atoms with Crippen LogP contribution < -0.4 is 15.0 Å². The molecule has 218 valence electrons. The Bertz CT molecular complexity index is 1280. The fraction of sp³-hybridized carbons (Fsp3) is 0.556. The Balaban J connectivity index is 1.25. The summed E-state index contributed by atoms with van der Waals surface area (Å²) >= 11 is 0. The maximum Gasteiger partial charge on any atom is 0.230 e. The van der Waals surface area contributed by atoms with Gasteiger partial charge in [0.2, 0.25) is 5.91 Å². The molecule has 0 heterocycles. The van der Waals surface area contributed by atoms with Crippen LogP contribution in [0, 0.1) is 23.7 Å². The number of carbonyl (C=O) groups excluding carboxylic acids is 1. The lowest BCUT2D eigenvalue weighted by Gasteiger charge is -2.55. The minimum absolute atomic E-state index is 0.131. The highest BCUT2D eigenvalue weighted by Gasteiger charge is 2.50. The van der Waals surface area contributed by atoms with Gasteiger partial charge in [-0.2, -0.15) is 0 Å². The van der Waals surface area contributed by atoms with Crippen molar-refractivity contribution in [1.29, 1.82) is 5.41 Å². The van der Waals surface area contributed by atoms with Crippen molar-refractivity contribution in [2.24, 2.45) is 11.3 Å². The van der Waals surface area contributed by atoms with E-state index in [4.69, 9.17) is 10.1 Å². The van der Waals surface area contributed by atoms with E-state index in [1.54, 1.807) is 7.11 Å². The number of rotatable bonds is 10. The van der Waals surface area contributed by atoms with Gasteiger partial charge in [-0.1, -0.05) is 43.5 Å². The fourth-order valence-electron chi connectivity index (χ4n) is 7.86. The van der Waals surface area contributed by atoms with Crippen LogP contribution in [0.4, 0.5) is 5.69 Å². The molecule has 2 bridgehead atoms. The summed E-state index contributed by atoms with van der Waals surface area (Å²) in [5.74, 6) is 1.42. The van der Waals surface area contributed by atoms with Crippen molar-refractivity contribution in [1.82, 2.24) is 5.32 Å². The molecule has 2 N–H and O–H groups in total. The van der Waals surface area contributed by atoms with Gasteiger partial charge in [0.15, 0.2) is 0 Å². The molecule has 0 radical (unpaired) electrons. The molecule has 0 unspecified atom stereocenters. The molecule has 0 aliphatic heterocycles. The Morgan fingerprint density at radius 1 is 1.00 bits per heavy atom. The molecule has 5 nitrogen and oxygen atoms in total. The van der Waals surface area contributed by atoms with Crippen LogP contribution in [-0.4, -0.2) is 31.8 Å². The van der Waals surface area contributed by atoms with Crippen LogP contribution >= 0.6 is 0 Å². The van der Waals surface area contributed by atoms with Gasteiger partial charge in [0.1, 0.15) is 5.75 Å². The molecule has 5 heteroatoms. The largest absolute Gasteiger partial charge is 0.496 e. The van der Waals surface area contributed by atoms with Crippen molar-refractivity contribution >= 4 is 23.4 Å². The highest BCUT2D eigenvalue weighted by molar-refractivity contribution is 6.08. The molecule has 7 rings (SSSR count). The van der Waals surface area contributed by atoms with Gasteiger partial charge in [-0.3, -0.25) is 4.79 Å². The van der Waals surface area contributed by atoms with Crippen LogP contribution in [0.5, 0.6) is 5.75 Å². The Hall–Kier alpha value is -3.08. The number of amides is 1. The number of carbonyl (C=O) groups is 1. The standard InChI is InChI=1S/C36H47N3O2/c1-26-21-30(11-14-33(26)41-2)36-18-15-35(16-19-36,17-20-36)25-39(34(40)27-7-4-3-5-8-27)32-10-6-9-28(22-32)29(23-37)24-38-31-12-13-31/h6,9-11,14,21-24,27,31,37-38H,3-5,7-8,12-13,15-20,25H2,1-2H3/b29-24+,37-23?.